The fourth-order valence-electron chi connectivity index (χ4n) is 1.81. The molecule has 0 unspecified atom stereocenters. The summed E-state index contributed by atoms with van der Waals surface area (Å²) in [5.41, 5.74) is 0.155. The van der Waals surface area contributed by atoms with Crippen molar-refractivity contribution in [3.05, 3.63) is 42.0 Å². The predicted molar refractivity (Wildman–Crippen MR) is 90.3 cm³/mol. The third kappa shape index (κ3) is 7.58. The van der Waals surface area contributed by atoms with Crippen molar-refractivity contribution in [3.8, 4) is 0 Å². The summed E-state index contributed by atoms with van der Waals surface area (Å²) in [6.45, 7) is 5.11. The van der Waals surface area contributed by atoms with Gasteiger partial charge in [0.25, 0.3) is 0 Å². The number of hydrogen-bond acceptors (Lipinski definition) is 5. The smallest absolute Gasteiger partial charge is 0.408 e. The van der Waals surface area contributed by atoms with Crippen LogP contribution in [0.4, 0.5) is 4.79 Å². The van der Waals surface area contributed by atoms with Crippen LogP contribution in [0.15, 0.2) is 36.4 Å². The molecule has 130 valence electrons. The maximum Gasteiger partial charge on any atom is 0.408 e. The van der Waals surface area contributed by atoms with E-state index in [4.69, 9.17) is 4.74 Å². The third-order valence-electron chi connectivity index (χ3n) is 2.84. The van der Waals surface area contributed by atoms with Gasteiger partial charge in [-0.1, -0.05) is 36.4 Å². The van der Waals surface area contributed by atoms with Gasteiger partial charge in [0.05, 0.1) is 7.11 Å². The summed E-state index contributed by atoms with van der Waals surface area (Å²) in [5.74, 6) is -1.02. The average Bonchev–Trinajstić information content (AvgIpc) is 2.50. The second-order valence-electron chi connectivity index (χ2n) is 6.14. The van der Waals surface area contributed by atoms with Crippen molar-refractivity contribution in [3.63, 3.8) is 0 Å². The van der Waals surface area contributed by atoms with Crippen LogP contribution in [-0.4, -0.2) is 36.6 Å². The molecule has 1 N–H and O–H groups in total. The van der Waals surface area contributed by atoms with Crippen molar-refractivity contribution in [2.45, 2.75) is 38.8 Å². The summed E-state index contributed by atoms with van der Waals surface area (Å²) in [6.07, 6.45) is 2.01. The monoisotopic (exact) mass is 333 g/mol. The molecule has 6 nitrogen and oxygen atoms in total. The van der Waals surface area contributed by atoms with E-state index in [1.54, 1.807) is 26.8 Å². The average molecular weight is 333 g/mol. The van der Waals surface area contributed by atoms with Crippen LogP contribution in [-0.2, 0) is 19.1 Å². The number of hydrogen-bond donors (Lipinski definition) is 1. The second kappa shape index (κ2) is 8.86. The number of nitrogens with one attached hydrogen (secondary N) is 1. The molecule has 0 aliphatic rings. The Morgan fingerprint density at radius 3 is 2.33 bits per heavy atom. The summed E-state index contributed by atoms with van der Waals surface area (Å²) in [4.78, 5) is 35.6. The first-order valence-electron chi connectivity index (χ1n) is 7.54. The maximum absolute atomic E-state index is 12.0. The highest BCUT2D eigenvalue weighted by atomic mass is 16.6. The molecule has 0 saturated carbocycles. The van der Waals surface area contributed by atoms with E-state index < -0.39 is 23.7 Å². The van der Waals surface area contributed by atoms with Crippen LogP contribution < -0.4 is 5.32 Å². The Bertz CT molecular complexity index is 602. The molecule has 0 spiro atoms. The molecule has 0 bridgehead atoms. The molecule has 1 aromatic rings. The lowest BCUT2D eigenvalue weighted by atomic mass is 10.1. The first-order chi connectivity index (χ1) is 11.2. The topological polar surface area (TPSA) is 81.7 Å². The van der Waals surface area contributed by atoms with E-state index in [1.807, 2.05) is 30.3 Å². The standard InChI is InChI=1S/C18H23NO5/c1-18(2,3)24-17(22)19-15(16(21)23-4)12-14(20)11-10-13-8-6-5-7-9-13/h5-11,15H,12H2,1-4H3,(H,19,22)/b11-10+/t15-/m0/s1. The largest absolute Gasteiger partial charge is 0.467 e. The number of esters is 1. The predicted octanol–water partition coefficient (Wildman–Crippen LogP) is 2.73. The van der Waals surface area contributed by atoms with Gasteiger partial charge in [-0.15, -0.1) is 0 Å². The molecule has 0 aliphatic heterocycles. The number of methoxy groups -OCH3 is 1. The van der Waals surface area contributed by atoms with Gasteiger partial charge in [0.1, 0.15) is 11.6 Å². The van der Waals surface area contributed by atoms with Crippen molar-refractivity contribution in [2.24, 2.45) is 0 Å². The van der Waals surface area contributed by atoms with Gasteiger partial charge in [0.2, 0.25) is 0 Å². The molecule has 0 fully saturated rings. The summed E-state index contributed by atoms with van der Waals surface area (Å²) < 4.78 is 9.71. The number of amides is 1. The van der Waals surface area contributed by atoms with E-state index >= 15 is 0 Å². The Labute approximate surface area is 141 Å². The number of carbonyl (C=O) groups excluding carboxylic acids is 3. The SMILES string of the molecule is COC(=O)[C@H](CC(=O)/C=C/c1ccccc1)NC(=O)OC(C)(C)C. The molecule has 1 aromatic carbocycles. The van der Waals surface area contributed by atoms with Crippen molar-refractivity contribution in [1.82, 2.24) is 5.32 Å². The Morgan fingerprint density at radius 2 is 1.79 bits per heavy atom. The zero-order chi connectivity index (χ0) is 18.2. The fourth-order valence-corrected chi connectivity index (χ4v) is 1.81. The van der Waals surface area contributed by atoms with Gasteiger partial charge < -0.3 is 14.8 Å². The molecule has 1 rings (SSSR count). The van der Waals surface area contributed by atoms with Gasteiger partial charge in [0.15, 0.2) is 5.78 Å². The maximum atomic E-state index is 12.0. The summed E-state index contributed by atoms with van der Waals surface area (Å²) in [7, 11) is 1.19. The van der Waals surface area contributed by atoms with Gasteiger partial charge >= 0.3 is 12.1 Å². The number of alkyl carbamates (subject to hydrolysis) is 1. The van der Waals surface area contributed by atoms with Crippen LogP contribution in [0.2, 0.25) is 0 Å². The minimum absolute atomic E-state index is 0.213. The first kappa shape index (κ1) is 19.4. The van der Waals surface area contributed by atoms with Crippen LogP contribution in [0.25, 0.3) is 6.08 Å². The Morgan fingerprint density at radius 1 is 1.17 bits per heavy atom. The van der Waals surface area contributed by atoms with E-state index in [2.05, 4.69) is 10.1 Å². The zero-order valence-electron chi connectivity index (χ0n) is 14.4. The molecule has 0 radical (unpaired) electrons. The Hall–Kier alpha value is -2.63. The minimum atomic E-state index is -1.10. The molecule has 0 aromatic heterocycles. The fraction of sp³-hybridized carbons (Fsp3) is 0.389. The van der Waals surface area contributed by atoms with Gasteiger partial charge in [-0.05, 0) is 32.4 Å². The quantitative estimate of drug-likeness (QED) is 0.639. The number of benzene rings is 1. The first-order valence-corrected chi connectivity index (χ1v) is 7.54. The van der Waals surface area contributed by atoms with Gasteiger partial charge in [-0.2, -0.15) is 0 Å². The van der Waals surface area contributed by atoms with Crippen molar-refractivity contribution in [1.29, 1.82) is 0 Å². The molecule has 6 heteroatoms. The second-order valence-corrected chi connectivity index (χ2v) is 6.14. The van der Waals surface area contributed by atoms with E-state index in [9.17, 15) is 14.4 Å². The molecule has 1 amide bonds. The highest BCUT2D eigenvalue weighted by Gasteiger charge is 2.26. The lowest BCUT2D eigenvalue weighted by molar-refractivity contribution is -0.144. The van der Waals surface area contributed by atoms with Gasteiger partial charge in [0, 0.05) is 6.42 Å². The lowest BCUT2D eigenvalue weighted by Crippen LogP contribution is -2.45. The number of ketones is 1. The van der Waals surface area contributed by atoms with Crippen molar-refractivity contribution in [2.75, 3.05) is 7.11 Å². The summed E-state index contributed by atoms with van der Waals surface area (Å²) >= 11 is 0. The van der Waals surface area contributed by atoms with Crippen molar-refractivity contribution >= 4 is 23.9 Å². The molecule has 0 heterocycles. The third-order valence-corrected chi connectivity index (χ3v) is 2.84. The van der Waals surface area contributed by atoms with E-state index in [0.717, 1.165) is 5.56 Å². The molecule has 1 atom stereocenters. The lowest BCUT2D eigenvalue weighted by Gasteiger charge is -2.22. The molecule has 0 aliphatic carbocycles. The van der Waals surface area contributed by atoms with Gasteiger partial charge in [-0.3, -0.25) is 4.79 Å². The van der Waals surface area contributed by atoms with E-state index in [-0.39, 0.29) is 12.2 Å². The highest BCUT2D eigenvalue weighted by Crippen LogP contribution is 2.08. The molecule has 24 heavy (non-hydrogen) atoms. The summed E-state index contributed by atoms with van der Waals surface area (Å²) in [6, 6.07) is 8.17. The van der Waals surface area contributed by atoms with Crippen LogP contribution >= 0.6 is 0 Å². The van der Waals surface area contributed by atoms with Crippen LogP contribution in [0, 0.1) is 0 Å². The molecule has 0 saturated heterocycles. The zero-order valence-corrected chi connectivity index (χ0v) is 14.4. The number of ether oxygens (including phenoxy) is 2. The van der Waals surface area contributed by atoms with E-state index in [0.29, 0.717) is 0 Å². The van der Waals surface area contributed by atoms with Crippen LogP contribution in [0.3, 0.4) is 0 Å². The molecular formula is C18H23NO5. The van der Waals surface area contributed by atoms with Crippen LogP contribution in [0.5, 0.6) is 0 Å². The van der Waals surface area contributed by atoms with Gasteiger partial charge in [-0.25, -0.2) is 9.59 Å². The number of allylic oxidation sites excluding steroid dienone is 1. The Kier molecular flexibility index (Phi) is 7.17. The number of rotatable bonds is 6. The number of carbonyl (C=O) groups is 3. The van der Waals surface area contributed by atoms with E-state index in [1.165, 1.54) is 13.2 Å². The minimum Gasteiger partial charge on any atom is -0.467 e. The highest BCUT2D eigenvalue weighted by molar-refractivity contribution is 5.97. The summed E-state index contributed by atoms with van der Waals surface area (Å²) in [5, 5.41) is 2.36. The van der Waals surface area contributed by atoms with Crippen molar-refractivity contribution < 1.29 is 23.9 Å². The Balaban J connectivity index is 2.68. The molecular weight excluding hydrogens is 310 g/mol. The van der Waals surface area contributed by atoms with Crippen LogP contribution in [0.1, 0.15) is 32.8 Å². The normalized spacial score (nSPS) is 12.5.